The first-order chi connectivity index (χ1) is 12.3. The maximum absolute atomic E-state index is 11.6. The molecule has 0 heterocycles. The number of benzene rings is 1. The Bertz CT molecular complexity index is 658. The number of nitrogens with one attached hydrogen (secondary N) is 1. The molecule has 1 aromatic rings. The molecule has 12 heteroatoms. The average molecular weight is 368 g/mol. The third-order valence-electron chi connectivity index (χ3n) is 3.00. The molecule has 1 aromatic carbocycles. The summed E-state index contributed by atoms with van der Waals surface area (Å²) in [6.07, 6.45) is 0.692. The molecule has 0 spiro atoms. The third kappa shape index (κ3) is 7.92. The molecule has 0 fully saturated rings. The lowest BCUT2D eigenvalue weighted by Gasteiger charge is -2.09. The normalized spacial score (nSPS) is 11.1. The summed E-state index contributed by atoms with van der Waals surface area (Å²) in [6.45, 7) is -0.00687. The van der Waals surface area contributed by atoms with Gasteiger partial charge in [0.15, 0.2) is 5.96 Å². The van der Waals surface area contributed by atoms with Gasteiger partial charge >= 0.3 is 11.9 Å². The molecule has 1 atom stereocenters. The Labute approximate surface area is 148 Å². The minimum Gasteiger partial charge on any atom is -0.375 e. The lowest BCUT2D eigenvalue weighted by molar-refractivity contribution is -0.384. The van der Waals surface area contributed by atoms with Gasteiger partial charge in [-0.2, -0.15) is 0 Å². The molecule has 0 aliphatic rings. The zero-order valence-electron chi connectivity index (χ0n) is 13.8. The van der Waals surface area contributed by atoms with Crippen LogP contribution in [0, 0.1) is 10.1 Å². The van der Waals surface area contributed by atoms with Gasteiger partial charge in [0.05, 0.1) is 4.92 Å². The standard InChI is InChI=1S/C14H20N6O6/c15-11(2-1-7-18-14(16)17)13(22)26-25-12(21)8-19-9-3-5-10(6-4-9)20(23)24/h3-6,11,19H,1-2,7-8,15H2,(H4,16,17,18). The van der Waals surface area contributed by atoms with Crippen LogP contribution in [0.4, 0.5) is 11.4 Å². The number of nitro benzene ring substituents is 1. The fourth-order valence-electron chi connectivity index (χ4n) is 1.69. The molecule has 7 N–H and O–H groups in total. The Kier molecular flexibility index (Phi) is 8.30. The number of nitro groups is 1. The third-order valence-corrected chi connectivity index (χ3v) is 3.00. The van der Waals surface area contributed by atoms with Crippen molar-refractivity contribution in [2.75, 3.05) is 18.4 Å². The highest BCUT2D eigenvalue weighted by Gasteiger charge is 2.18. The summed E-state index contributed by atoms with van der Waals surface area (Å²) in [4.78, 5) is 45.5. The SMILES string of the molecule is NC(N)=NCCCC(N)C(=O)OOC(=O)CNc1ccc([N+](=O)[O-])cc1. The number of carbonyl (C=O) groups is 2. The van der Waals surface area contributed by atoms with Crippen LogP contribution in [0.15, 0.2) is 29.3 Å². The van der Waals surface area contributed by atoms with Gasteiger partial charge in [-0.25, -0.2) is 19.4 Å². The van der Waals surface area contributed by atoms with Gasteiger partial charge in [-0.3, -0.25) is 15.1 Å². The number of hydrogen-bond acceptors (Lipinski definition) is 9. The minimum atomic E-state index is -0.986. The van der Waals surface area contributed by atoms with E-state index in [2.05, 4.69) is 20.1 Å². The number of non-ortho nitro benzene ring substituents is 1. The molecule has 0 amide bonds. The molecule has 0 radical (unpaired) electrons. The second-order valence-electron chi connectivity index (χ2n) is 5.07. The van der Waals surface area contributed by atoms with Crippen molar-refractivity contribution in [3.05, 3.63) is 34.4 Å². The molecule has 0 bridgehead atoms. The predicted octanol–water partition coefficient (Wildman–Crippen LogP) is -0.611. The minimum absolute atomic E-state index is 0.0596. The number of nitrogens with two attached hydrogens (primary N) is 3. The van der Waals surface area contributed by atoms with Crippen LogP contribution >= 0.6 is 0 Å². The van der Waals surface area contributed by atoms with E-state index < -0.39 is 22.9 Å². The molecule has 1 unspecified atom stereocenters. The molecule has 142 valence electrons. The molecular weight excluding hydrogens is 348 g/mol. The van der Waals surface area contributed by atoms with E-state index >= 15 is 0 Å². The lowest BCUT2D eigenvalue weighted by Crippen LogP contribution is -2.33. The average Bonchev–Trinajstić information content (AvgIpc) is 2.61. The van der Waals surface area contributed by atoms with Gasteiger partial charge < -0.3 is 22.5 Å². The highest BCUT2D eigenvalue weighted by atomic mass is 17.2. The van der Waals surface area contributed by atoms with Crippen LogP contribution in [0.1, 0.15) is 12.8 Å². The predicted molar refractivity (Wildman–Crippen MR) is 91.7 cm³/mol. The number of carbonyl (C=O) groups excluding carboxylic acids is 2. The van der Waals surface area contributed by atoms with Gasteiger partial charge in [-0.15, -0.1) is 0 Å². The Balaban J connectivity index is 2.27. The Morgan fingerprint density at radius 2 is 1.88 bits per heavy atom. The van der Waals surface area contributed by atoms with E-state index in [0.717, 1.165) is 0 Å². The zero-order valence-corrected chi connectivity index (χ0v) is 13.8. The van der Waals surface area contributed by atoms with Crippen LogP contribution in [-0.4, -0.2) is 42.0 Å². The molecule has 0 aliphatic carbocycles. The smallest absolute Gasteiger partial charge is 0.374 e. The summed E-state index contributed by atoms with van der Waals surface area (Å²) in [5, 5.41) is 13.2. The molecule has 1 rings (SSSR count). The quantitative estimate of drug-likeness (QED) is 0.109. The molecule has 12 nitrogen and oxygen atoms in total. The molecule has 0 aromatic heterocycles. The second-order valence-corrected chi connectivity index (χ2v) is 5.07. The zero-order chi connectivity index (χ0) is 19.5. The van der Waals surface area contributed by atoms with Gasteiger partial charge in [0.2, 0.25) is 0 Å². The first-order valence-electron chi connectivity index (χ1n) is 7.50. The van der Waals surface area contributed by atoms with Crippen molar-refractivity contribution in [3.8, 4) is 0 Å². The van der Waals surface area contributed by atoms with Crippen LogP contribution in [0.25, 0.3) is 0 Å². The fraction of sp³-hybridized carbons (Fsp3) is 0.357. The first kappa shape index (κ1) is 20.6. The van der Waals surface area contributed by atoms with E-state index in [0.29, 0.717) is 18.7 Å². The molecular formula is C14H20N6O6. The summed E-state index contributed by atoms with van der Waals surface area (Å²) < 4.78 is 0. The first-order valence-corrected chi connectivity index (χ1v) is 7.50. The van der Waals surface area contributed by atoms with Crippen molar-refractivity contribution in [1.82, 2.24) is 0 Å². The van der Waals surface area contributed by atoms with Gasteiger partial charge in [0.1, 0.15) is 12.6 Å². The number of aliphatic imine (C=N–C) groups is 1. The van der Waals surface area contributed by atoms with E-state index in [1.807, 2.05) is 0 Å². The van der Waals surface area contributed by atoms with Crippen LogP contribution < -0.4 is 22.5 Å². The maximum Gasteiger partial charge on any atom is 0.374 e. The molecule has 0 aliphatic heterocycles. The van der Waals surface area contributed by atoms with E-state index in [9.17, 15) is 19.7 Å². The van der Waals surface area contributed by atoms with Crippen molar-refractivity contribution in [1.29, 1.82) is 0 Å². The lowest BCUT2D eigenvalue weighted by atomic mass is 10.2. The number of anilines is 1. The van der Waals surface area contributed by atoms with Gasteiger partial charge in [-0.05, 0) is 25.0 Å². The topological polar surface area (TPSA) is 198 Å². The van der Waals surface area contributed by atoms with Gasteiger partial charge in [0, 0.05) is 24.4 Å². The Morgan fingerprint density at radius 3 is 2.46 bits per heavy atom. The summed E-state index contributed by atoms with van der Waals surface area (Å²) >= 11 is 0. The van der Waals surface area contributed by atoms with Gasteiger partial charge in [-0.1, -0.05) is 0 Å². The van der Waals surface area contributed by atoms with Crippen molar-refractivity contribution >= 4 is 29.3 Å². The van der Waals surface area contributed by atoms with E-state index in [1.54, 1.807) is 0 Å². The number of nitrogens with zero attached hydrogens (tertiary/aromatic N) is 2. The van der Waals surface area contributed by atoms with Crippen LogP contribution in [-0.2, 0) is 19.4 Å². The molecule has 0 saturated heterocycles. The largest absolute Gasteiger partial charge is 0.375 e. The van der Waals surface area contributed by atoms with Crippen LogP contribution in [0.2, 0.25) is 0 Å². The van der Waals surface area contributed by atoms with Gasteiger partial charge in [0.25, 0.3) is 5.69 Å². The number of guanidine groups is 1. The van der Waals surface area contributed by atoms with Crippen LogP contribution in [0.5, 0.6) is 0 Å². The highest BCUT2D eigenvalue weighted by Crippen LogP contribution is 2.15. The summed E-state index contributed by atoms with van der Waals surface area (Å²) in [5.41, 5.74) is 16.3. The molecule has 0 saturated carbocycles. The fourth-order valence-corrected chi connectivity index (χ4v) is 1.69. The molecule has 26 heavy (non-hydrogen) atoms. The van der Waals surface area contributed by atoms with Crippen molar-refractivity contribution < 1.29 is 24.3 Å². The highest BCUT2D eigenvalue weighted by molar-refractivity contribution is 5.78. The Morgan fingerprint density at radius 1 is 1.23 bits per heavy atom. The van der Waals surface area contributed by atoms with E-state index in [-0.39, 0.29) is 24.6 Å². The summed E-state index contributed by atoms with van der Waals surface area (Å²) in [6, 6.07) is 4.40. The number of hydrogen-bond donors (Lipinski definition) is 4. The van der Waals surface area contributed by atoms with E-state index in [4.69, 9.17) is 17.2 Å². The second kappa shape index (κ2) is 10.5. The van der Waals surface area contributed by atoms with E-state index in [1.165, 1.54) is 24.3 Å². The summed E-state index contributed by atoms with van der Waals surface area (Å²) in [5.74, 6) is -1.83. The summed E-state index contributed by atoms with van der Waals surface area (Å²) in [7, 11) is 0. The van der Waals surface area contributed by atoms with Crippen LogP contribution in [0.3, 0.4) is 0 Å². The number of rotatable bonds is 9. The Hall–Kier alpha value is -3.41. The maximum atomic E-state index is 11.6. The van der Waals surface area contributed by atoms with Crippen molar-refractivity contribution in [2.45, 2.75) is 18.9 Å². The monoisotopic (exact) mass is 368 g/mol. The van der Waals surface area contributed by atoms with Crippen molar-refractivity contribution in [3.63, 3.8) is 0 Å². The van der Waals surface area contributed by atoms with Crippen molar-refractivity contribution in [2.24, 2.45) is 22.2 Å².